The van der Waals surface area contributed by atoms with E-state index in [4.69, 9.17) is 0 Å². The number of nitrogens with one attached hydrogen (secondary N) is 2. The molecule has 3 rings (SSSR count). The van der Waals surface area contributed by atoms with E-state index < -0.39 is 0 Å². The number of benzene rings is 2. The van der Waals surface area contributed by atoms with Crippen molar-refractivity contribution in [2.75, 3.05) is 5.32 Å². The number of rotatable bonds is 5. The van der Waals surface area contributed by atoms with Gasteiger partial charge in [-0.25, -0.2) is 0 Å². The van der Waals surface area contributed by atoms with Gasteiger partial charge < -0.3 is 10.6 Å². The molecule has 1 aliphatic carbocycles. The summed E-state index contributed by atoms with van der Waals surface area (Å²) in [5, 5.41) is 6.50. The predicted octanol–water partition coefficient (Wildman–Crippen LogP) is 3.74. The number of amides is 1. The fourth-order valence-electron chi connectivity index (χ4n) is 2.68. The second-order valence-corrected chi connectivity index (χ2v) is 6.15. The van der Waals surface area contributed by atoms with Gasteiger partial charge in [0.15, 0.2) is 0 Å². The summed E-state index contributed by atoms with van der Waals surface area (Å²) < 4.78 is 0. The third kappa shape index (κ3) is 3.67. The first-order valence-corrected chi connectivity index (χ1v) is 7.82. The molecular formula is C19H22N2O. The summed E-state index contributed by atoms with van der Waals surface area (Å²) in [4.78, 5) is 12.6. The lowest BCUT2D eigenvalue weighted by Crippen LogP contribution is -2.34. The van der Waals surface area contributed by atoms with Gasteiger partial charge in [0.1, 0.15) is 6.04 Å². The summed E-state index contributed by atoms with van der Waals surface area (Å²) in [6.45, 7) is 4.14. The lowest BCUT2D eigenvalue weighted by molar-refractivity contribution is -0.122. The van der Waals surface area contributed by atoms with Crippen LogP contribution in [0.4, 0.5) is 5.69 Å². The molecule has 0 aliphatic heterocycles. The molecule has 0 radical (unpaired) electrons. The van der Waals surface area contributed by atoms with E-state index in [-0.39, 0.29) is 11.9 Å². The molecule has 1 unspecified atom stereocenters. The lowest BCUT2D eigenvalue weighted by Gasteiger charge is -2.20. The third-order valence-corrected chi connectivity index (χ3v) is 3.85. The molecule has 0 aromatic heterocycles. The van der Waals surface area contributed by atoms with E-state index in [2.05, 4.69) is 42.7 Å². The Morgan fingerprint density at radius 2 is 1.68 bits per heavy atom. The second-order valence-electron chi connectivity index (χ2n) is 6.15. The van der Waals surface area contributed by atoms with E-state index in [1.807, 2.05) is 30.3 Å². The van der Waals surface area contributed by atoms with Crippen LogP contribution in [0.5, 0.6) is 0 Å². The first-order valence-electron chi connectivity index (χ1n) is 7.82. The maximum absolute atomic E-state index is 12.6. The maximum atomic E-state index is 12.6. The fraction of sp³-hybridized carbons (Fsp3) is 0.316. The Hall–Kier alpha value is -2.29. The molecule has 2 aromatic carbocycles. The van der Waals surface area contributed by atoms with Crippen molar-refractivity contribution >= 4 is 11.6 Å². The van der Waals surface area contributed by atoms with Gasteiger partial charge in [0.05, 0.1) is 0 Å². The van der Waals surface area contributed by atoms with Gasteiger partial charge in [-0.05, 0) is 55.5 Å². The zero-order valence-corrected chi connectivity index (χ0v) is 13.1. The van der Waals surface area contributed by atoms with E-state index >= 15 is 0 Å². The van der Waals surface area contributed by atoms with E-state index in [9.17, 15) is 4.79 Å². The largest absolute Gasteiger partial charge is 0.370 e. The van der Waals surface area contributed by atoms with Crippen LogP contribution >= 0.6 is 0 Å². The molecule has 22 heavy (non-hydrogen) atoms. The Balaban J connectivity index is 1.85. The van der Waals surface area contributed by atoms with Gasteiger partial charge in [-0.15, -0.1) is 0 Å². The summed E-state index contributed by atoms with van der Waals surface area (Å²) in [5.41, 5.74) is 4.35. The monoisotopic (exact) mass is 294 g/mol. The van der Waals surface area contributed by atoms with Crippen LogP contribution in [0.1, 0.15) is 35.6 Å². The molecule has 1 aliphatic rings. The molecule has 2 N–H and O–H groups in total. The Kier molecular flexibility index (Phi) is 4.14. The minimum atomic E-state index is -0.358. The van der Waals surface area contributed by atoms with Crippen LogP contribution in [0.3, 0.4) is 0 Å². The van der Waals surface area contributed by atoms with Gasteiger partial charge in [0.25, 0.3) is 0 Å². The summed E-state index contributed by atoms with van der Waals surface area (Å²) >= 11 is 0. The lowest BCUT2D eigenvalue weighted by atomic mass is 10.0. The Labute approximate surface area is 131 Å². The third-order valence-electron chi connectivity index (χ3n) is 3.85. The molecule has 1 saturated carbocycles. The van der Waals surface area contributed by atoms with Gasteiger partial charge in [0.2, 0.25) is 5.91 Å². The molecule has 0 bridgehead atoms. The molecule has 3 heteroatoms. The number of aryl methyl sites for hydroxylation is 2. The van der Waals surface area contributed by atoms with Gasteiger partial charge in [-0.2, -0.15) is 0 Å². The topological polar surface area (TPSA) is 41.1 Å². The summed E-state index contributed by atoms with van der Waals surface area (Å²) in [6.07, 6.45) is 2.19. The van der Waals surface area contributed by atoms with Crippen molar-refractivity contribution in [2.45, 2.75) is 38.8 Å². The molecule has 114 valence electrons. The molecule has 0 spiro atoms. The molecule has 0 saturated heterocycles. The van der Waals surface area contributed by atoms with Crippen molar-refractivity contribution in [2.24, 2.45) is 0 Å². The molecule has 1 amide bonds. The molecule has 1 atom stereocenters. The number of carbonyl (C=O) groups excluding carboxylic acids is 1. The maximum Gasteiger partial charge on any atom is 0.247 e. The first-order chi connectivity index (χ1) is 10.6. The molecular weight excluding hydrogens is 272 g/mol. The van der Waals surface area contributed by atoms with Crippen LogP contribution < -0.4 is 10.6 Å². The zero-order valence-electron chi connectivity index (χ0n) is 13.1. The normalized spacial score (nSPS) is 15.2. The van der Waals surface area contributed by atoms with Gasteiger partial charge in [0, 0.05) is 11.7 Å². The quantitative estimate of drug-likeness (QED) is 0.882. The zero-order chi connectivity index (χ0) is 15.5. The summed E-state index contributed by atoms with van der Waals surface area (Å²) in [5.74, 6) is 0.0489. The average molecular weight is 294 g/mol. The number of carbonyl (C=O) groups is 1. The Morgan fingerprint density at radius 1 is 1.05 bits per heavy atom. The molecule has 0 heterocycles. The summed E-state index contributed by atoms with van der Waals surface area (Å²) in [7, 11) is 0. The smallest absolute Gasteiger partial charge is 0.247 e. The highest BCUT2D eigenvalue weighted by molar-refractivity contribution is 5.86. The number of hydrogen-bond donors (Lipinski definition) is 2. The molecule has 1 fully saturated rings. The van der Waals surface area contributed by atoms with E-state index in [1.165, 1.54) is 11.1 Å². The van der Waals surface area contributed by atoms with Crippen molar-refractivity contribution in [3.05, 3.63) is 65.2 Å². The van der Waals surface area contributed by atoms with Gasteiger partial charge >= 0.3 is 0 Å². The van der Waals surface area contributed by atoms with Crippen LogP contribution in [0, 0.1) is 13.8 Å². The van der Waals surface area contributed by atoms with Crippen LogP contribution in [0.15, 0.2) is 48.5 Å². The molecule has 3 nitrogen and oxygen atoms in total. The molecule has 2 aromatic rings. The number of hydrogen-bond acceptors (Lipinski definition) is 2. The highest BCUT2D eigenvalue weighted by atomic mass is 16.2. The standard InChI is InChI=1S/C19H22N2O/c1-13-10-14(2)12-17(11-13)20-18(15-6-4-3-5-7-15)19(22)21-16-8-9-16/h3-7,10-12,16,18,20H,8-9H2,1-2H3,(H,21,22). The van der Waals surface area contributed by atoms with Crippen LogP contribution in [0.2, 0.25) is 0 Å². The van der Waals surface area contributed by atoms with Gasteiger partial charge in [-0.1, -0.05) is 36.4 Å². The summed E-state index contributed by atoms with van der Waals surface area (Å²) in [6, 6.07) is 16.2. The number of anilines is 1. The highest BCUT2D eigenvalue weighted by Crippen LogP contribution is 2.25. The van der Waals surface area contributed by atoms with E-state index in [0.717, 1.165) is 24.1 Å². The predicted molar refractivity (Wildman–Crippen MR) is 89.9 cm³/mol. The second kappa shape index (κ2) is 6.22. The van der Waals surface area contributed by atoms with Crippen molar-refractivity contribution < 1.29 is 4.79 Å². The van der Waals surface area contributed by atoms with Crippen LogP contribution in [0.25, 0.3) is 0 Å². The van der Waals surface area contributed by atoms with Gasteiger partial charge in [-0.3, -0.25) is 4.79 Å². The van der Waals surface area contributed by atoms with Crippen molar-refractivity contribution in [3.63, 3.8) is 0 Å². The van der Waals surface area contributed by atoms with E-state index in [1.54, 1.807) is 0 Å². The van der Waals surface area contributed by atoms with Crippen molar-refractivity contribution in [1.82, 2.24) is 5.32 Å². The van der Waals surface area contributed by atoms with Crippen molar-refractivity contribution in [1.29, 1.82) is 0 Å². The average Bonchev–Trinajstić information content (AvgIpc) is 3.28. The Morgan fingerprint density at radius 3 is 2.27 bits per heavy atom. The SMILES string of the molecule is Cc1cc(C)cc(NC(C(=O)NC2CC2)c2ccccc2)c1. The van der Waals surface area contributed by atoms with Crippen LogP contribution in [-0.4, -0.2) is 11.9 Å². The Bertz CT molecular complexity index is 642. The van der Waals surface area contributed by atoms with E-state index in [0.29, 0.717) is 6.04 Å². The fourth-order valence-corrected chi connectivity index (χ4v) is 2.68. The first kappa shape index (κ1) is 14.6. The van der Waals surface area contributed by atoms with Crippen LogP contribution in [-0.2, 0) is 4.79 Å². The highest BCUT2D eigenvalue weighted by Gasteiger charge is 2.28. The van der Waals surface area contributed by atoms with Crippen molar-refractivity contribution in [3.8, 4) is 0 Å². The minimum Gasteiger partial charge on any atom is -0.370 e. The minimum absolute atomic E-state index is 0.0489.